The summed E-state index contributed by atoms with van der Waals surface area (Å²) in [5.74, 6) is 0. The maximum atomic E-state index is 6.45. The van der Waals surface area contributed by atoms with Crippen LogP contribution < -0.4 is 10.2 Å². The van der Waals surface area contributed by atoms with Gasteiger partial charge in [-0.1, -0.05) is 17.7 Å². The summed E-state index contributed by atoms with van der Waals surface area (Å²) in [5, 5.41) is 4.19. The third-order valence-electron chi connectivity index (χ3n) is 3.84. The molecule has 0 amide bonds. The van der Waals surface area contributed by atoms with Crippen LogP contribution >= 0.6 is 11.6 Å². The minimum absolute atomic E-state index is 0.709. The average Bonchev–Trinajstić information content (AvgIpc) is 2.55. The zero-order valence-corrected chi connectivity index (χ0v) is 12.8. The number of rotatable bonds is 4. The summed E-state index contributed by atoms with van der Waals surface area (Å²) in [5.41, 5.74) is 3.21. The van der Waals surface area contributed by atoms with E-state index in [1.54, 1.807) is 0 Å². The lowest BCUT2D eigenvalue weighted by atomic mass is 10.1. The van der Waals surface area contributed by atoms with E-state index < -0.39 is 0 Å². The fraction of sp³-hybridized carbons (Fsp3) is 0.353. The molecule has 0 radical (unpaired) electrons. The van der Waals surface area contributed by atoms with Crippen molar-refractivity contribution in [3.63, 3.8) is 0 Å². The summed E-state index contributed by atoms with van der Waals surface area (Å²) in [6.45, 7) is 2.93. The van der Waals surface area contributed by atoms with Crippen LogP contribution in [-0.4, -0.2) is 18.1 Å². The first-order valence-electron chi connectivity index (χ1n) is 7.51. The van der Waals surface area contributed by atoms with Gasteiger partial charge in [0.05, 0.1) is 22.9 Å². The third kappa shape index (κ3) is 3.67. The lowest BCUT2D eigenvalue weighted by Gasteiger charge is -2.29. The molecule has 1 fully saturated rings. The van der Waals surface area contributed by atoms with Crippen molar-refractivity contribution in [3.05, 3.63) is 53.3 Å². The van der Waals surface area contributed by atoms with Gasteiger partial charge in [0, 0.05) is 25.0 Å². The number of hydrogen-bond donors (Lipinski definition) is 1. The van der Waals surface area contributed by atoms with Crippen molar-refractivity contribution in [2.45, 2.75) is 25.8 Å². The van der Waals surface area contributed by atoms with Crippen LogP contribution in [0.5, 0.6) is 0 Å². The molecule has 0 unspecified atom stereocenters. The predicted octanol–water partition coefficient (Wildman–Crippen LogP) is 4.34. The molecule has 3 nitrogen and oxygen atoms in total. The molecule has 0 aliphatic carbocycles. The highest BCUT2D eigenvalue weighted by molar-refractivity contribution is 6.33. The van der Waals surface area contributed by atoms with Crippen LogP contribution in [0.25, 0.3) is 0 Å². The lowest BCUT2D eigenvalue weighted by Crippen LogP contribution is -2.29. The molecule has 2 heterocycles. The van der Waals surface area contributed by atoms with Gasteiger partial charge in [-0.3, -0.25) is 4.98 Å². The van der Waals surface area contributed by atoms with E-state index in [4.69, 9.17) is 11.6 Å². The van der Waals surface area contributed by atoms with Crippen LogP contribution in [0.2, 0.25) is 5.02 Å². The number of pyridine rings is 1. The molecule has 1 aromatic carbocycles. The Morgan fingerprint density at radius 3 is 2.67 bits per heavy atom. The van der Waals surface area contributed by atoms with Gasteiger partial charge in [-0.2, -0.15) is 0 Å². The molecule has 1 saturated heterocycles. The molecule has 1 aromatic heterocycles. The van der Waals surface area contributed by atoms with E-state index in [0.29, 0.717) is 6.54 Å². The number of hydrogen-bond acceptors (Lipinski definition) is 3. The van der Waals surface area contributed by atoms with E-state index in [2.05, 4.69) is 27.3 Å². The summed E-state index contributed by atoms with van der Waals surface area (Å²) in [7, 11) is 0. The molecular weight excluding hydrogens is 282 g/mol. The van der Waals surface area contributed by atoms with Gasteiger partial charge in [-0.15, -0.1) is 0 Å². The van der Waals surface area contributed by atoms with Crippen LogP contribution in [0.1, 0.15) is 25.0 Å². The summed E-state index contributed by atoms with van der Waals surface area (Å²) < 4.78 is 0. The zero-order chi connectivity index (χ0) is 14.5. The van der Waals surface area contributed by atoms with Crippen molar-refractivity contribution < 1.29 is 0 Å². The fourth-order valence-corrected chi connectivity index (χ4v) is 3.00. The highest BCUT2D eigenvalue weighted by Crippen LogP contribution is 2.30. The van der Waals surface area contributed by atoms with Crippen molar-refractivity contribution in [2.75, 3.05) is 23.3 Å². The Morgan fingerprint density at radius 2 is 1.95 bits per heavy atom. The molecule has 110 valence electrons. The van der Waals surface area contributed by atoms with Crippen molar-refractivity contribution in [2.24, 2.45) is 0 Å². The van der Waals surface area contributed by atoms with E-state index in [0.717, 1.165) is 35.2 Å². The van der Waals surface area contributed by atoms with E-state index in [9.17, 15) is 0 Å². The molecule has 0 spiro atoms. The van der Waals surface area contributed by atoms with Gasteiger partial charge in [0.15, 0.2) is 0 Å². The molecular formula is C17H20ClN3. The molecule has 0 atom stereocenters. The van der Waals surface area contributed by atoms with Crippen LogP contribution in [-0.2, 0) is 6.54 Å². The Morgan fingerprint density at radius 1 is 1.10 bits per heavy atom. The molecule has 21 heavy (non-hydrogen) atoms. The minimum atomic E-state index is 0.709. The minimum Gasteiger partial charge on any atom is -0.379 e. The van der Waals surface area contributed by atoms with Gasteiger partial charge >= 0.3 is 0 Å². The van der Waals surface area contributed by atoms with Gasteiger partial charge in [0.1, 0.15) is 0 Å². The van der Waals surface area contributed by atoms with E-state index in [1.807, 2.05) is 30.5 Å². The summed E-state index contributed by atoms with van der Waals surface area (Å²) in [6.07, 6.45) is 5.66. The fourth-order valence-electron chi connectivity index (χ4n) is 2.70. The number of nitrogens with zero attached hydrogens (tertiary/aromatic N) is 2. The smallest absolute Gasteiger partial charge is 0.0660 e. The largest absolute Gasteiger partial charge is 0.379 e. The SMILES string of the molecule is Clc1cc(NCc2ccccn2)ccc1N1CCCCC1. The first kappa shape index (κ1) is 14.2. The second-order valence-electron chi connectivity index (χ2n) is 5.39. The van der Waals surface area contributed by atoms with Crippen LogP contribution in [0.3, 0.4) is 0 Å². The second-order valence-corrected chi connectivity index (χ2v) is 5.80. The molecule has 1 aliphatic heterocycles. The summed E-state index contributed by atoms with van der Waals surface area (Å²) in [4.78, 5) is 6.69. The van der Waals surface area contributed by atoms with Crippen LogP contribution in [0, 0.1) is 0 Å². The number of aromatic nitrogens is 1. The van der Waals surface area contributed by atoms with Gasteiger partial charge in [-0.25, -0.2) is 0 Å². The number of anilines is 2. The topological polar surface area (TPSA) is 28.2 Å². The van der Waals surface area contributed by atoms with E-state index in [1.165, 1.54) is 19.3 Å². The maximum absolute atomic E-state index is 6.45. The van der Waals surface area contributed by atoms with Gasteiger partial charge in [0.2, 0.25) is 0 Å². The molecule has 0 saturated carbocycles. The summed E-state index contributed by atoms with van der Waals surface area (Å²) in [6, 6.07) is 12.2. The number of benzene rings is 1. The monoisotopic (exact) mass is 301 g/mol. The number of piperidine rings is 1. The molecule has 3 rings (SSSR count). The number of halogens is 1. The van der Waals surface area contributed by atoms with E-state index in [-0.39, 0.29) is 0 Å². The highest BCUT2D eigenvalue weighted by Gasteiger charge is 2.13. The average molecular weight is 302 g/mol. The van der Waals surface area contributed by atoms with Crippen molar-refractivity contribution in [1.82, 2.24) is 4.98 Å². The third-order valence-corrected chi connectivity index (χ3v) is 4.15. The lowest BCUT2D eigenvalue weighted by molar-refractivity contribution is 0.578. The van der Waals surface area contributed by atoms with Gasteiger partial charge in [0.25, 0.3) is 0 Å². The highest BCUT2D eigenvalue weighted by atomic mass is 35.5. The summed E-state index contributed by atoms with van der Waals surface area (Å²) >= 11 is 6.45. The Bertz CT molecular complexity index is 580. The van der Waals surface area contributed by atoms with Crippen LogP contribution in [0.4, 0.5) is 11.4 Å². The Labute approximate surface area is 131 Å². The predicted molar refractivity (Wildman–Crippen MR) is 89.1 cm³/mol. The van der Waals surface area contributed by atoms with Crippen molar-refractivity contribution in [3.8, 4) is 0 Å². The van der Waals surface area contributed by atoms with Crippen molar-refractivity contribution in [1.29, 1.82) is 0 Å². The van der Waals surface area contributed by atoms with E-state index >= 15 is 0 Å². The van der Waals surface area contributed by atoms with Gasteiger partial charge < -0.3 is 10.2 Å². The maximum Gasteiger partial charge on any atom is 0.0660 e. The van der Waals surface area contributed by atoms with Crippen molar-refractivity contribution >= 4 is 23.0 Å². The van der Waals surface area contributed by atoms with Gasteiger partial charge in [-0.05, 0) is 49.6 Å². The van der Waals surface area contributed by atoms with Crippen LogP contribution in [0.15, 0.2) is 42.6 Å². The Kier molecular flexibility index (Phi) is 4.61. The first-order chi connectivity index (χ1) is 10.3. The Hall–Kier alpha value is -1.74. The standard InChI is InChI=1S/C17H20ClN3/c18-16-12-14(20-13-15-6-2-3-9-19-15)7-8-17(16)21-10-4-1-5-11-21/h2-3,6-9,12,20H,1,4-5,10-11,13H2. The molecule has 4 heteroatoms. The Balaban J connectivity index is 1.66. The molecule has 2 aromatic rings. The second kappa shape index (κ2) is 6.81. The normalized spacial score (nSPS) is 15.0. The molecule has 1 aliphatic rings. The number of nitrogens with one attached hydrogen (secondary N) is 1. The zero-order valence-electron chi connectivity index (χ0n) is 12.1. The first-order valence-corrected chi connectivity index (χ1v) is 7.89. The molecule has 0 bridgehead atoms. The quantitative estimate of drug-likeness (QED) is 0.910. The molecule has 1 N–H and O–H groups in total.